The van der Waals surface area contributed by atoms with Crippen molar-refractivity contribution in [3.63, 3.8) is 0 Å². The first-order valence-corrected chi connectivity index (χ1v) is 10.1. The maximum atomic E-state index is 13.4. The number of nitrogens with two attached hydrogens (primary N) is 1. The summed E-state index contributed by atoms with van der Waals surface area (Å²) in [7, 11) is 1.50. The van der Waals surface area contributed by atoms with Crippen molar-refractivity contribution >= 4 is 62.6 Å². The zero-order chi connectivity index (χ0) is 22.3. The molecule has 0 fully saturated rings. The Bertz CT molecular complexity index is 1330. The molecule has 2 aromatic heterocycles. The molecular weight excluding hydrogens is 441 g/mol. The van der Waals surface area contributed by atoms with Gasteiger partial charge in [-0.15, -0.1) is 0 Å². The Kier molecular flexibility index (Phi) is 5.47. The van der Waals surface area contributed by atoms with Crippen LogP contribution in [0.5, 0.6) is 5.75 Å². The minimum atomic E-state index is -0.613. The van der Waals surface area contributed by atoms with Gasteiger partial charge in [0.15, 0.2) is 11.3 Å². The zero-order valence-corrected chi connectivity index (χ0v) is 18.1. The van der Waals surface area contributed by atoms with Crippen molar-refractivity contribution in [2.24, 2.45) is 5.73 Å². The summed E-state index contributed by atoms with van der Waals surface area (Å²) in [6.45, 7) is 2.14. The van der Waals surface area contributed by atoms with Gasteiger partial charge >= 0.3 is 0 Å². The highest BCUT2D eigenvalue weighted by atomic mass is 35.5. The topological polar surface area (TPSA) is 98.7 Å². The Hall–Kier alpha value is -3.29. The largest absolute Gasteiger partial charge is 0.493 e. The highest BCUT2D eigenvalue weighted by Gasteiger charge is 2.24. The van der Waals surface area contributed by atoms with Gasteiger partial charge in [0.25, 0.3) is 5.91 Å². The van der Waals surface area contributed by atoms with Crippen molar-refractivity contribution in [1.82, 2.24) is 4.98 Å². The van der Waals surface area contributed by atoms with Crippen LogP contribution in [0.1, 0.15) is 27.6 Å². The summed E-state index contributed by atoms with van der Waals surface area (Å²) in [6, 6.07) is 8.14. The third kappa shape index (κ3) is 3.45. The number of methoxy groups -OCH3 is 1. The number of anilines is 1. The molecule has 0 atom stereocenters. The number of rotatable bonds is 5. The lowest BCUT2D eigenvalue weighted by Gasteiger charge is -2.23. The molecule has 2 amide bonds. The number of hydrogen-bond acceptors (Lipinski definition) is 5. The Morgan fingerprint density at radius 1 is 1.16 bits per heavy atom. The van der Waals surface area contributed by atoms with Gasteiger partial charge in [-0.1, -0.05) is 23.2 Å². The van der Waals surface area contributed by atoms with Gasteiger partial charge in [-0.05, 0) is 37.3 Å². The number of ether oxygens (including phenoxy) is 1. The lowest BCUT2D eigenvalue weighted by Crippen LogP contribution is -2.31. The first-order valence-electron chi connectivity index (χ1n) is 9.31. The van der Waals surface area contributed by atoms with Crippen molar-refractivity contribution in [3.8, 4) is 5.75 Å². The van der Waals surface area contributed by atoms with E-state index in [1.807, 2.05) is 6.92 Å². The molecule has 158 valence electrons. The van der Waals surface area contributed by atoms with Gasteiger partial charge in [-0.2, -0.15) is 0 Å². The van der Waals surface area contributed by atoms with Crippen LogP contribution in [0.3, 0.4) is 0 Å². The van der Waals surface area contributed by atoms with E-state index in [9.17, 15) is 9.59 Å². The lowest BCUT2D eigenvalue weighted by atomic mass is 10.0. The van der Waals surface area contributed by atoms with Crippen molar-refractivity contribution in [2.45, 2.75) is 6.92 Å². The van der Waals surface area contributed by atoms with E-state index in [4.69, 9.17) is 38.1 Å². The van der Waals surface area contributed by atoms with Crippen molar-refractivity contribution in [3.05, 3.63) is 63.9 Å². The van der Waals surface area contributed by atoms with Gasteiger partial charge in [-0.25, -0.2) is 0 Å². The molecule has 0 aliphatic carbocycles. The standard InChI is InChI=1S/C22H17Cl2N3O4/c1-3-27(19-14(23)9-26-10-15(19)24)22(29)11-4-6-16-13(8-11)18-12(21(25)28)5-7-17(30-2)20(18)31-16/h4-10H,3H2,1-2H3,(H2,25,28). The van der Waals surface area contributed by atoms with Crippen LogP contribution < -0.4 is 15.4 Å². The molecule has 9 heteroatoms. The molecule has 0 unspecified atom stereocenters. The molecule has 4 rings (SSSR count). The Labute approximate surface area is 187 Å². The summed E-state index contributed by atoms with van der Waals surface area (Å²) >= 11 is 12.5. The van der Waals surface area contributed by atoms with Crippen LogP contribution in [-0.2, 0) is 0 Å². The third-order valence-electron chi connectivity index (χ3n) is 4.97. The fraction of sp³-hybridized carbons (Fsp3) is 0.136. The zero-order valence-electron chi connectivity index (χ0n) is 16.6. The number of hydrogen-bond donors (Lipinski definition) is 1. The molecule has 0 saturated heterocycles. The Morgan fingerprint density at radius 2 is 1.87 bits per heavy atom. The minimum Gasteiger partial charge on any atom is -0.493 e. The summed E-state index contributed by atoms with van der Waals surface area (Å²) in [5.41, 5.74) is 7.44. The number of carbonyl (C=O) groups is 2. The van der Waals surface area contributed by atoms with Crippen LogP contribution in [-0.4, -0.2) is 30.5 Å². The van der Waals surface area contributed by atoms with Gasteiger partial charge in [-0.3, -0.25) is 14.6 Å². The molecule has 2 N–H and O–H groups in total. The van der Waals surface area contributed by atoms with E-state index in [1.54, 1.807) is 30.3 Å². The fourth-order valence-corrected chi connectivity index (χ4v) is 4.15. The Balaban J connectivity index is 1.91. The number of benzene rings is 2. The average molecular weight is 458 g/mol. The average Bonchev–Trinajstić information content (AvgIpc) is 3.14. The smallest absolute Gasteiger partial charge is 0.258 e. The van der Waals surface area contributed by atoms with E-state index < -0.39 is 5.91 Å². The first-order chi connectivity index (χ1) is 14.9. The summed E-state index contributed by atoms with van der Waals surface area (Å²) in [4.78, 5) is 30.8. The van der Waals surface area contributed by atoms with Gasteiger partial charge in [0, 0.05) is 35.3 Å². The third-order valence-corrected chi connectivity index (χ3v) is 5.53. The predicted molar refractivity (Wildman–Crippen MR) is 120 cm³/mol. The first kappa shape index (κ1) is 21.0. The highest BCUT2D eigenvalue weighted by Crippen LogP contribution is 2.38. The van der Waals surface area contributed by atoms with E-state index in [-0.39, 0.29) is 21.5 Å². The summed E-state index contributed by atoms with van der Waals surface area (Å²) in [5.74, 6) is -0.482. The summed E-state index contributed by atoms with van der Waals surface area (Å²) < 4.78 is 11.3. The number of primary amides is 1. The van der Waals surface area contributed by atoms with E-state index in [2.05, 4.69) is 4.98 Å². The summed E-state index contributed by atoms with van der Waals surface area (Å²) in [6.07, 6.45) is 2.85. The summed E-state index contributed by atoms with van der Waals surface area (Å²) in [5, 5.41) is 1.58. The minimum absolute atomic E-state index is 0.262. The monoisotopic (exact) mass is 457 g/mol. The van der Waals surface area contributed by atoms with Gasteiger partial charge in [0.1, 0.15) is 5.58 Å². The van der Waals surface area contributed by atoms with Gasteiger partial charge in [0.05, 0.1) is 28.4 Å². The molecule has 4 aromatic rings. The maximum Gasteiger partial charge on any atom is 0.258 e. The molecule has 31 heavy (non-hydrogen) atoms. The molecule has 0 bridgehead atoms. The van der Waals surface area contributed by atoms with Crippen LogP contribution in [0, 0.1) is 0 Å². The van der Waals surface area contributed by atoms with Crippen LogP contribution in [0.15, 0.2) is 47.1 Å². The van der Waals surface area contributed by atoms with E-state index in [0.29, 0.717) is 45.5 Å². The van der Waals surface area contributed by atoms with Crippen LogP contribution in [0.4, 0.5) is 5.69 Å². The highest BCUT2D eigenvalue weighted by molar-refractivity contribution is 6.40. The number of pyridine rings is 1. The second kappa shape index (κ2) is 8.09. The molecule has 0 saturated carbocycles. The molecular formula is C22H17Cl2N3O4. The predicted octanol–water partition coefficient (Wildman–Crippen LogP) is 5.06. The lowest BCUT2D eigenvalue weighted by molar-refractivity contribution is 0.0985. The number of halogens is 2. The molecule has 0 radical (unpaired) electrons. The van der Waals surface area contributed by atoms with E-state index in [0.717, 1.165) is 0 Å². The number of furan rings is 1. The SMILES string of the molecule is CCN(C(=O)c1ccc2oc3c(OC)ccc(C(N)=O)c3c2c1)c1c(Cl)cncc1Cl. The molecule has 2 aromatic carbocycles. The van der Waals surface area contributed by atoms with Crippen molar-refractivity contribution < 1.29 is 18.7 Å². The molecule has 0 spiro atoms. The number of aromatic nitrogens is 1. The number of amides is 2. The van der Waals surface area contributed by atoms with E-state index in [1.165, 1.54) is 24.4 Å². The number of fused-ring (bicyclic) bond motifs is 3. The van der Waals surface area contributed by atoms with E-state index >= 15 is 0 Å². The van der Waals surface area contributed by atoms with Gasteiger partial charge in [0.2, 0.25) is 5.91 Å². The van der Waals surface area contributed by atoms with Crippen LogP contribution in [0.25, 0.3) is 21.9 Å². The second-order valence-corrected chi connectivity index (χ2v) is 7.51. The van der Waals surface area contributed by atoms with Crippen LogP contribution >= 0.6 is 23.2 Å². The van der Waals surface area contributed by atoms with Crippen molar-refractivity contribution in [2.75, 3.05) is 18.6 Å². The Morgan fingerprint density at radius 3 is 2.48 bits per heavy atom. The van der Waals surface area contributed by atoms with Gasteiger partial charge < -0.3 is 19.8 Å². The number of carbonyl (C=O) groups excluding carboxylic acids is 2. The molecule has 2 heterocycles. The van der Waals surface area contributed by atoms with Crippen molar-refractivity contribution in [1.29, 1.82) is 0 Å². The second-order valence-electron chi connectivity index (χ2n) is 6.70. The normalized spacial score (nSPS) is 11.1. The fourth-order valence-electron chi connectivity index (χ4n) is 3.58. The van der Waals surface area contributed by atoms with Crippen LogP contribution in [0.2, 0.25) is 10.0 Å². The quantitative estimate of drug-likeness (QED) is 0.451. The molecule has 0 aliphatic heterocycles. The molecule has 7 nitrogen and oxygen atoms in total. The maximum absolute atomic E-state index is 13.4. The molecule has 0 aliphatic rings. The number of nitrogens with zero attached hydrogens (tertiary/aromatic N) is 2.